The van der Waals surface area contributed by atoms with Gasteiger partial charge in [-0.3, -0.25) is 0 Å². The van der Waals surface area contributed by atoms with Gasteiger partial charge in [0.25, 0.3) is 0 Å². The predicted molar refractivity (Wildman–Crippen MR) is 61.7 cm³/mol. The van der Waals surface area contributed by atoms with Crippen molar-refractivity contribution in [3.05, 3.63) is 35.5 Å². The minimum absolute atomic E-state index is 0.379. The summed E-state index contributed by atoms with van der Waals surface area (Å²) in [5.41, 5.74) is 3.40. The fraction of sp³-hybridized carbons (Fsp3) is 0.308. The van der Waals surface area contributed by atoms with Gasteiger partial charge in [-0.25, -0.2) is 4.79 Å². The average Bonchev–Trinajstić information content (AvgIpc) is 2.74. The monoisotopic (exact) mass is 215 g/mol. The number of carbonyl (C=O) groups is 1. The second kappa shape index (κ2) is 3.11. The highest BCUT2D eigenvalue weighted by molar-refractivity contribution is 5.85. The number of hydrogen-bond acceptors (Lipinski definition) is 1. The van der Waals surface area contributed by atoms with Crippen LogP contribution in [0.5, 0.6) is 0 Å². The molecular weight excluding hydrogens is 202 g/mol. The third-order valence-electron chi connectivity index (χ3n) is 3.34. The van der Waals surface area contributed by atoms with Crippen molar-refractivity contribution in [2.24, 2.45) is 0 Å². The van der Waals surface area contributed by atoms with Gasteiger partial charge in [-0.2, -0.15) is 0 Å². The number of carboxylic acid groups (broad SMARTS) is 1. The van der Waals surface area contributed by atoms with Gasteiger partial charge in [-0.1, -0.05) is 11.6 Å². The Morgan fingerprint density at radius 3 is 3.00 bits per heavy atom. The van der Waals surface area contributed by atoms with Crippen molar-refractivity contribution in [3.8, 4) is 0 Å². The molecule has 1 aromatic carbocycles. The quantitative estimate of drug-likeness (QED) is 0.794. The Bertz CT molecular complexity index is 583. The van der Waals surface area contributed by atoms with Gasteiger partial charge in [0.1, 0.15) is 6.04 Å². The van der Waals surface area contributed by atoms with Crippen molar-refractivity contribution in [1.82, 2.24) is 4.57 Å². The Kier molecular flexibility index (Phi) is 1.84. The Hall–Kier alpha value is -1.77. The lowest BCUT2D eigenvalue weighted by Gasteiger charge is -2.09. The molecule has 16 heavy (non-hydrogen) atoms. The molecule has 3 rings (SSSR count). The van der Waals surface area contributed by atoms with E-state index >= 15 is 0 Å². The molecule has 1 unspecified atom stereocenters. The summed E-state index contributed by atoms with van der Waals surface area (Å²) < 4.78 is 1.97. The molecule has 1 aliphatic rings. The number of benzene rings is 1. The first-order chi connectivity index (χ1) is 7.66. The van der Waals surface area contributed by atoms with Gasteiger partial charge >= 0.3 is 5.97 Å². The highest BCUT2D eigenvalue weighted by Crippen LogP contribution is 2.33. The van der Waals surface area contributed by atoms with Crippen LogP contribution in [0.2, 0.25) is 0 Å². The zero-order valence-electron chi connectivity index (χ0n) is 9.10. The molecule has 1 atom stereocenters. The first-order valence-corrected chi connectivity index (χ1v) is 5.50. The molecule has 0 saturated heterocycles. The molecule has 0 aliphatic carbocycles. The van der Waals surface area contributed by atoms with Crippen LogP contribution in [0.1, 0.15) is 23.7 Å². The van der Waals surface area contributed by atoms with Gasteiger partial charge in [-0.05, 0) is 38.0 Å². The normalized spacial score (nSPS) is 18.9. The smallest absolute Gasteiger partial charge is 0.326 e. The zero-order valence-corrected chi connectivity index (χ0v) is 9.10. The summed E-state index contributed by atoms with van der Waals surface area (Å²) in [5.74, 6) is -0.725. The van der Waals surface area contributed by atoms with Crippen molar-refractivity contribution in [3.63, 3.8) is 0 Å². The molecule has 0 radical (unpaired) electrons. The highest BCUT2D eigenvalue weighted by Gasteiger charge is 2.29. The van der Waals surface area contributed by atoms with E-state index in [1.807, 2.05) is 16.7 Å². The predicted octanol–water partition coefficient (Wildman–Crippen LogP) is 2.52. The first-order valence-electron chi connectivity index (χ1n) is 5.50. The van der Waals surface area contributed by atoms with Crippen LogP contribution in [-0.2, 0) is 11.2 Å². The van der Waals surface area contributed by atoms with Crippen LogP contribution in [0.3, 0.4) is 0 Å². The lowest BCUT2D eigenvalue weighted by Crippen LogP contribution is -2.14. The molecule has 2 aromatic rings. The fourth-order valence-electron chi connectivity index (χ4n) is 2.62. The van der Waals surface area contributed by atoms with Crippen molar-refractivity contribution in [2.75, 3.05) is 0 Å². The van der Waals surface area contributed by atoms with E-state index in [2.05, 4.69) is 19.1 Å². The Morgan fingerprint density at radius 2 is 2.25 bits per heavy atom. The van der Waals surface area contributed by atoms with Crippen molar-refractivity contribution < 1.29 is 9.90 Å². The molecule has 0 spiro atoms. The van der Waals surface area contributed by atoms with Gasteiger partial charge in [0.15, 0.2) is 0 Å². The number of carboxylic acids is 1. The van der Waals surface area contributed by atoms with Crippen LogP contribution >= 0.6 is 0 Å². The maximum atomic E-state index is 11.2. The maximum Gasteiger partial charge on any atom is 0.326 e. The Morgan fingerprint density at radius 1 is 1.44 bits per heavy atom. The molecule has 3 heteroatoms. The molecule has 0 amide bonds. The molecule has 82 valence electrons. The highest BCUT2D eigenvalue weighted by atomic mass is 16.4. The molecule has 0 saturated carbocycles. The molecule has 1 N–H and O–H groups in total. The summed E-state index contributed by atoms with van der Waals surface area (Å²) >= 11 is 0. The van der Waals surface area contributed by atoms with Gasteiger partial charge in [0, 0.05) is 16.6 Å². The molecule has 1 aromatic heterocycles. The topological polar surface area (TPSA) is 42.2 Å². The van der Waals surface area contributed by atoms with Crippen molar-refractivity contribution >= 4 is 16.9 Å². The van der Waals surface area contributed by atoms with Gasteiger partial charge in [0.05, 0.1) is 0 Å². The number of hydrogen-bond donors (Lipinski definition) is 1. The second-order valence-corrected chi connectivity index (χ2v) is 4.46. The van der Waals surface area contributed by atoms with Crippen LogP contribution in [0.25, 0.3) is 10.9 Å². The summed E-state index contributed by atoms with van der Waals surface area (Å²) in [5, 5.41) is 10.3. The number of fused-ring (bicyclic) bond motifs is 3. The summed E-state index contributed by atoms with van der Waals surface area (Å²) in [7, 11) is 0. The largest absolute Gasteiger partial charge is 0.480 e. The summed E-state index contributed by atoms with van der Waals surface area (Å²) in [4.78, 5) is 11.2. The molecular formula is C13H13NO2. The van der Waals surface area contributed by atoms with Crippen LogP contribution in [0, 0.1) is 6.92 Å². The fourth-order valence-corrected chi connectivity index (χ4v) is 2.62. The van der Waals surface area contributed by atoms with Crippen LogP contribution in [0.4, 0.5) is 0 Å². The number of aromatic nitrogens is 1. The zero-order chi connectivity index (χ0) is 11.3. The second-order valence-electron chi connectivity index (χ2n) is 4.46. The number of rotatable bonds is 1. The van der Waals surface area contributed by atoms with Crippen LogP contribution in [-0.4, -0.2) is 15.6 Å². The van der Waals surface area contributed by atoms with E-state index in [1.54, 1.807) is 0 Å². The van der Waals surface area contributed by atoms with Crippen LogP contribution < -0.4 is 0 Å². The van der Waals surface area contributed by atoms with E-state index in [9.17, 15) is 9.90 Å². The van der Waals surface area contributed by atoms with Gasteiger partial charge < -0.3 is 9.67 Å². The Balaban J connectivity index is 2.27. The van der Waals surface area contributed by atoms with E-state index in [0.29, 0.717) is 6.42 Å². The molecule has 1 aliphatic heterocycles. The van der Waals surface area contributed by atoms with Crippen LogP contribution in [0.15, 0.2) is 24.3 Å². The van der Waals surface area contributed by atoms with Gasteiger partial charge in [-0.15, -0.1) is 0 Å². The lowest BCUT2D eigenvalue weighted by molar-refractivity contribution is -0.140. The molecule has 0 fully saturated rings. The summed E-state index contributed by atoms with van der Waals surface area (Å²) in [6, 6.07) is 7.91. The molecule has 3 nitrogen and oxygen atoms in total. The van der Waals surface area contributed by atoms with E-state index in [-0.39, 0.29) is 6.04 Å². The summed E-state index contributed by atoms with van der Waals surface area (Å²) in [6.45, 7) is 2.05. The molecule has 0 bridgehead atoms. The maximum absolute atomic E-state index is 11.2. The minimum atomic E-state index is -0.725. The van der Waals surface area contributed by atoms with Crippen molar-refractivity contribution in [1.29, 1.82) is 0 Å². The third-order valence-corrected chi connectivity index (χ3v) is 3.34. The standard InChI is InChI=1S/C13H13NO2/c1-8-2-4-11-9(6-8)7-10-3-5-12(13(15)16)14(10)11/h2,4,6-7,12H,3,5H2,1H3,(H,15,16). The summed E-state index contributed by atoms with van der Waals surface area (Å²) in [6.07, 6.45) is 1.58. The van der Waals surface area contributed by atoms with Crippen molar-refractivity contribution in [2.45, 2.75) is 25.8 Å². The third kappa shape index (κ3) is 1.18. The van der Waals surface area contributed by atoms with E-state index in [4.69, 9.17) is 0 Å². The number of nitrogens with zero attached hydrogens (tertiary/aromatic N) is 1. The Labute approximate surface area is 93.3 Å². The average molecular weight is 215 g/mol. The van der Waals surface area contributed by atoms with Gasteiger partial charge in [0.2, 0.25) is 0 Å². The molecule has 2 heterocycles. The minimum Gasteiger partial charge on any atom is -0.480 e. The van der Waals surface area contributed by atoms with E-state index < -0.39 is 5.97 Å². The number of aliphatic carboxylic acids is 1. The van der Waals surface area contributed by atoms with E-state index in [1.165, 1.54) is 5.56 Å². The first kappa shape index (κ1) is 9.46. The number of aryl methyl sites for hydroxylation is 2. The van der Waals surface area contributed by atoms with E-state index in [0.717, 1.165) is 23.0 Å². The lowest BCUT2D eigenvalue weighted by atomic mass is 10.1. The SMILES string of the molecule is Cc1ccc2c(c1)cc1n2C(C(=O)O)CC1.